The van der Waals surface area contributed by atoms with Crippen LogP contribution in [0.5, 0.6) is 0 Å². The van der Waals surface area contributed by atoms with Crippen LogP contribution < -0.4 is 9.62 Å². The lowest BCUT2D eigenvalue weighted by Crippen LogP contribution is -2.35. The highest BCUT2D eigenvalue weighted by Gasteiger charge is 2.32. The van der Waals surface area contributed by atoms with E-state index in [0.717, 1.165) is 5.56 Å². The SMILES string of the molecule is C=CCN1CCN(S(C)(=O)=O)c2cc3oc(-c4ccc(F)cc4)c(C(=O)NC)c3cc2C1C. The van der Waals surface area contributed by atoms with Crippen molar-refractivity contribution in [1.82, 2.24) is 10.2 Å². The number of nitrogens with one attached hydrogen (secondary N) is 1. The van der Waals surface area contributed by atoms with Crippen LogP contribution in [-0.2, 0) is 10.0 Å². The van der Waals surface area contributed by atoms with Gasteiger partial charge in [0.25, 0.3) is 5.91 Å². The summed E-state index contributed by atoms with van der Waals surface area (Å²) in [5.74, 6) is -0.453. The van der Waals surface area contributed by atoms with Gasteiger partial charge in [0.15, 0.2) is 0 Å². The number of fused-ring (bicyclic) bond motifs is 2. The van der Waals surface area contributed by atoms with E-state index in [1.165, 1.54) is 29.7 Å². The average molecular weight is 472 g/mol. The maximum atomic E-state index is 13.5. The third-order valence-corrected chi connectivity index (χ3v) is 7.20. The Labute approximate surface area is 192 Å². The van der Waals surface area contributed by atoms with Gasteiger partial charge in [-0.2, -0.15) is 0 Å². The Morgan fingerprint density at radius 1 is 1.27 bits per heavy atom. The Morgan fingerprint density at radius 2 is 1.97 bits per heavy atom. The Bertz CT molecular complexity index is 1330. The van der Waals surface area contributed by atoms with Crippen LogP contribution in [0.1, 0.15) is 28.9 Å². The van der Waals surface area contributed by atoms with Gasteiger partial charge in [-0.3, -0.25) is 14.0 Å². The number of carbonyl (C=O) groups excluding carboxylic acids is 1. The van der Waals surface area contributed by atoms with Crippen molar-refractivity contribution in [3.63, 3.8) is 0 Å². The molecular formula is C24H26FN3O4S. The zero-order valence-electron chi connectivity index (χ0n) is 18.8. The average Bonchev–Trinajstić information content (AvgIpc) is 3.08. The minimum absolute atomic E-state index is 0.129. The number of nitrogens with zero attached hydrogens (tertiary/aromatic N) is 2. The summed E-state index contributed by atoms with van der Waals surface area (Å²) in [6, 6.07) is 9.06. The lowest BCUT2D eigenvalue weighted by molar-refractivity contribution is 0.0964. The molecular weight excluding hydrogens is 445 g/mol. The Kier molecular flexibility index (Phi) is 6.02. The van der Waals surface area contributed by atoms with Gasteiger partial charge in [0.2, 0.25) is 10.0 Å². The number of anilines is 1. The number of hydrogen-bond acceptors (Lipinski definition) is 5. The maximum absolute atomic E-state index is 13.5. The molecule has 0 fully saturated rings. The summed E-state index contributed by atoms with van der Waals surface area (Å²) in [5, 5.41) is 3.21. The number of amides is 1. The van der Waals surface area contributed by atoms with Gasteiger partial charge in [0.05, 0.1) is 17.5 Å². The number of furan rings is 1. The normalized spacial score (nSPS) is 17.0. The number of halogens is 1. The van der Waals surface area contributed by atoms with Crippen molar-refractivity contribution < 1.29 is 22.0 Å². The van der Waals surface area contributed by atoms with E-state index in [1.807, 2.05) is 13.0 Å². The molecule has 1 atom stereocenters. The zero-order valence-corrected chi connectivity index (χ0v) is 19.6. The Hall–Kier alpha value is -3.17. The van der Waals surface area contributed by atoms with Crippen LogP contribution in [0.4, 0.5) is 10.1 Å². The predicted molar refractivity (Wildman–Crippen MR) is 127 cm³/mol. The molecule has 7 nitrogen and oxygen atoms in total. The molecule has 9 heteroatoms. The third kappa shape index (κ3) is 4.14. The fraction of sp³-hybridized carbons (Fsp3) is 0.292. The van der Waals surface area contributed by atoms with Gasteiger partial charge in [-0.05, 0) is 42.8 Å². The maximum Gasteiger partial charge on any atom is 0.255 e. The monoisotopic (exact) mass is 471 g/mol. The first kappa shape index (κ1) is 23.0. The smallest absolute Gasteiger partial charge is 0.255 e. The fourth-order valence-corrected chi connectivity index (χ4v) is 5.27. The summed E-state index contributed by atoms with van der Waals surface area (Å²) < 4.78 is 46.2. The molecule has 3 aromatic rings. The summed E-state index contributed by atoms with van der Waals surface area (Å²) in [4.78, 5) is 15.0. The molecule has 1 aromatic heterocycles. The van der Waals surface area contributed by atoms with Crippen LogP contribution in [-0.4, -0.2) is 52.2 Å². The topological polar surface area (TPSA) is 82.9 Å². The van der Waals surface area contributed by atoms with Crippen LogP contribution in [0.15, 0.2) is 53.5 Å². The summed E-state index contributed by atoms with van der Waals surface area (Å²) >= 11 is 0. The first-order chi connectivity index (χ1) is 15.7. The lowest BCUT2D eigenvalue weighted by Gasteiger charge is -2.26. The van der Waals surface area contributed by atoms with E-state index >= 15 is 0 Å². The van der Waals surface area contributed by atoms with Crippen molar-refractivity contribution in [1.29, 1.82) is 0 Å². The van der Waals surface area contributed by atoms with E-state index in [1.54, 1.807) is 24.3 Å². The van der Waals surface area contributed by atoms with E-state index in [0.29, 0.717) is 46.6 Å². The number of carbonyl (C=O) groups is 1. The second-order valence-corrected chi connectivity index (χ2v) is 10.0. The van der Waals surface area contributed by atoms with Crippen LogP contribution in [0.25, 0.3) is 22.3 Å². The molecule has 0 saturated heterocycles. The molecule has 1 aliphatic heterocycles. The molecule has 0 bridgehead atoms. The Balaban J connectivity index is 2.02. The molecule has 33 heavy (non-hydrogen) atoms. The van der Waals surface area contributed by atoms with Crippen LogP contribution >= 0.6 is 0 Å². The molecule has 1 N–H and O–H groups in total. The van der Waals surface area contributed by atoms with E-state index in [4.69, 9.17) is 4.42 Å². The third-order valence-electron chi connectivity index (χ3n) is 6.02. The minimum Gasteiger partial charge on any atom is -0.455 e. The van der Waals surface area contributed by atoms with E-state index in [-0.39, 0.29) is 18.5 Å². The first-order valence-electron chi connectivity index (χ1n) is 10.6. The highest BCUT2D eigenvalue weighted by Crippen LogP contribution is 2.41. The molecule has 0 saturated carbocycles. The second-order valence-electron chi connectivity index (χ2n) is 8.09. The molecule has 0 radical (unpaired) electrons. The highest BCUT2D eigenvalue weighted by molar-refractivity contribution is 7.92. The molecule has 0 aliphatic carbocycles. The van der Waals surface area contributed by atoms with Crippen molar-refractivity contribution in [2.75, 3.05) is 37.2 Å². The van der Waals surface area contributed by atoms with Crippen LogP contribution in [0.2, 0.25) is 0 Å². The summed E-state index contributed by atoms with van der Waals surface area (Å²) in [5.41, 5.74) is 2.53. The summed E-state index contributed by atoms with van der Waals surface area (Å²) in [6.07, 6.45) is 2.96. The minimum atomic E-state index is -3.56. The molecule has 0 spiro atoms. The summed E-state index contributed by atoms with van der Waals surface area (Å²) in [6.45, 7) is 7.21. The number of benzene rings is 2. The largest absolute Gasteiger partial charge is 0.455 e. The molecule has 2 heterocycles. The van der Waals surface area contributed by atoms with E-state index < -0.39 is 15.8 Å². The summed E-state index contributed by atoms with van der Waals surface area (Å²) in [7, 11) is -2.03. The molecule has 4 rings (SSSR count). The van der Waals surface area contributed by atoms with Gasteiger partial charge in [0.1, 0.15) is 17.2 Å². The van der Waals surface area contributed by atoms with Crippen LogP contribution in [0.3, 0.4) is 0 Å². The molecule has 2 aromatic carbocycles. The van der Waals surface area contributed by atoms with Crippen molar-refractivity contribution in [2.24, 2.45) is 0 Å². The number of hydrogen-bond donors (Lipinski definition) is 1. The quantitative estimate of drug-likeness (QED) is 0.570. The van der Waals surface area contributed by atoms with Crippen molar-refractivity contribution in [2.45, 2.75) is 13.0 Å². The second kappa shape index (κ2) is 8.64. The fourth-order valence-electron chi connectivity index (χ4n) is 4.34. The standard InChI is InChI=1S/C24H26FN3O4S/c1-5-10-27-11-12-28(33(4,30)31)20-14-21-19(13-18(20)15(27)2)22(24(29)26-3)23(32-21)16-6-8-17(25)9-7-16/h5-9,13-15H,1,10-12H2,2-4H3,(H,26,29). The number of rotatable bonds is 5. The molecule has 1 unspecified atom stereocenters. The van der Waals surface area contributed by atoms with Gasteiger partial charge in [-0.25, -0.2) is 12.8 Å². The van der Waals surface area contributed by atoms with E-state index in [9.17, 15) is 17.6 Å². The van der Waals surface area contributed by atoms with Gasteiger partial charge in [-0.15, -0.1) is 6.58 Å². The van der Waals surface area contributed by atoms with Crippen molar-refractivity contribution in [3.8, 4) is 11.3 Å². The van der Waals surface area contributed by atoms with Crippen LogP contribution in [0, 0.1) is 5.82 Å². The predicted octanol–water partition coefficient (Wildman–Crippen LogP) is 3.93. The van der Waals surface area contributed by atoms with Gasteiger partial charge < -0.3 is 9.73 Å². The molecule has 1 amide bonds. The highest BCUT2D eigenvalue weighted by atomic mass is 32.2. The number of sulfonamides is 1. The van der Waals surface area contributed by atoms with Crippen molar-refractivity contribution in [3.05, 3.63) is 66.0 Å². The van der Waals surface area contributed by atoms with Gasteiger partial charge in [0, 0.05) is 49.7 Å². The van der Waals surface area contributed by atoms with Gasteiger partial charge in [-0.1, -0.05) is 6.08 Å². The first-order valence-corrected chi connectivity index (χ1v) is 12.4. The lowest BCUT2D eigenvalue weighted by atomic mass is 9.99. The molecule has 174 valence electrons. The van der Waals surface area contributed by atoms with E-state index in [2.05, 4.69) is 16.8 Å². The Morgan fingerprint density at radius 3 is 2.58 bits per heavy atom. The van der Waals surface area contributed by atoms with Crippen molar-refractivity contribution >= 4 is 32.6 Å². The molecule has 1 aliphatic rings. The zero-order chi connectivity index (χ0) is 23.9. The van der Waals surface area contributed by atoms with Gasteiger partial charge >= 0.3 is 0 Å².